The molecule has 1 N–H and O–H groups in total. The van der Waals surface area contributed by atoms with Gasteiger partial charge in [-0.15, -0.1) is 23.7 Å². The summed E-state index contributed by atoms with van der Waals surface area (Å²) < 4.78 is 1.78. The van der Waals surface area contributed by atoms with Gasteiger partial charge in [-0.1, -0.05) is 29.3 Å². The van der Waals surface area contributed by atoms with Crippen molar-refractivity contribution in [1.82, 2.24) is 9.38 Å². The van der Waals surface area contributed by atoms with Crippen molar-refractivity contribution < 1.29 is 4.79 Å². The van der Waals surface area contributed by atoms with E-state index in [1.165, 1.54) is 0 Å². The number of rotatable bonds is 3. The number of halogens is 3. The fourth-order valence-corrected chi connectivity index (χ4v) is 3.51. The molecule has 4 rings (SSSR count). The number of hydrogen-bond donors (Lipinski definition) is 1. The van der Waals surface area contributed by atoms with Crippen molar-refractivity contribution in [1.29, 1.82) is 0 Å². The number of benzene rings is 1. The Kier molecular flexibility index (Phi) is 5.53. The predicted molar refractivity (Wildman–Crippen MR) is 110 cm³/mol. The molecular weight excluding hydrogens is 413 g/mol. The molecule has 26 heavy (non-hydrogen) atoms. The van der Waals surface area contributed by atoms with E-state index in [9.17, 15) is 4.79 Å². The average molecular weight is 425 g/mol. The van der Waals surface area contributed by atoms with Crippen molar-refractivity contribution in [2.45, 2.75) is 0 Å². The highest BCUT2D eigenvalue weighted by Gasteiger charge is 2.18. The zero-order valence-corrected chi connectivity index (χ0v) is 16.3. The van der Waals surface area contributed by atoms with Crippen molar-refractivity contribution in [2.24, 2.45) is 0 Å². The SMILES string of the molecule is Cl.O=C(Nc1c(-c2cccs2)nc2ccc(Cl)cn12)c1ccc(Cl)cc1. The minimum Gasteiger partial charge on any atom is -0.306 e. The van der Waals surface area contributed by atoms with Gasteiger partial charge in [-0.25, -0.2) is 4.98 Å². The Hall–Kier alpha value is -2.05. The highest BCUT2D eigenvalue weighted by atomic mass is 35.5. The quantitative estimate of drug-likeness (QED) is 0.435. The number of anilines is 1. The highest BCUT2D eigenvalue weighted by molar-refractivity contribution is 7.13. The Labute approximate surface area is 169 Å². The Bertz CT molecular complexity index is 1060. The van der Waals surface area contributed by atoms with Crippen LogP contribution in [0.3, 0.4) is 0 Å². The van der Waals surface area contributed by atoms with Crippen LogP contribution in [0.1, 0.15) is 10.4 Å². The molecule has 0 fully saturated rings. The molecule has 1 amide bonds. The number of thiophene rings is 1. The molecule has 0 aliphatic carbocycles. The minimum absolute atomic E-state index is 0. The summed E-state index contributed by atoms with van der Waals surface area (Å²) in [6.45, 7) is 0. The fourth-order valence-electron chi connectivity index (χ4n) is 2.50. The van der Waals surface area contributed by atoms with Gasteiger partial charge in [0.15, 0.2) is 0 Å². The maximum atomic E-state index is 12.6. The third kappa shape index (κ3) is 3.57. The van der Waals surface area contributed by atoms with Crippen LogP contribution in [0.2, 0.25) is 10.0 Å². The van der Waals surface area contributed by atoms with Crippen LogP contribution in [-0.2, 0) is 0 Å². The van der Waals surface area contributed by atoms with Crippen molar-refractivity contribution in [3.63, 3.8) is 0 Å². The zero-order chi connectivity index (χ0) is 17.4. The largest absolute Gasteiger partial charge is 0.306 e. The van der Waals surface area contributed by atoms with E-state index in [0.717, 1.165) is 4.88 Å². The van der Waals surface area contributed by atoms with Crippen LogP contribution in [0.4, 0.5) is 5.82 Å². The van der Waals surface area contributed by atoms with Crippen LogP contribution < -0.4 is 5.32 Å². The van der Waals surface area contributed by atoms with E-state index in [1.807, 2.05) is 23.6 Å². The van der Waals surface area contributed by atoms with E-state index in [4.69, 9.17) is 23.2 Å². The molecule has 0 saturated heterocycles. The first kappa shape index (κ1) is 18.7. The van der Waals surface area contributed by atoms with Gasteiger partial charge in [-0.05, 0) is 47.8 Å². The lowest BCUT2D eigenvalue weighted by atomic mass is 10.2. The summed E-state index contributed by atoms with van der Waals surface area (Å²) in [4.78, 5) is 18.2. The van der Waals surface area contributed by atoms with Gasteiger partial charge in [-0.3, -0.25) is 9.20 Å². The van der Waals surface area contributed by atoms with Gasteiger partial charge in [0.2, 0.25) is 0 Å². The summed E-state index contributed by atoms with van der Waals surface area (Å²) in [5.74, 6) is 0.344. The number of nitrogens with one attached hydrogen (secondary N) is 1. The number of aromatic nitrogens is 2. The Morgan fingerprint density at radius 2 is 1.77 bits per heavy atom. The molecule has 0 spiro atoms. The van der Waals surface area contributed by atoms with E-state index in [2.05, 4.69) is 10.3 Å². The third-order valence-electron chi connectivity index (χ3n) is 3.68. The zero-order valence-electron chi connectivity index (χ0n) is 13.1. The molecule has 3 heterocycles. The normalized spacial score (nSPS) is 10.5. The smallest absolute Gasteiger partial charge is 0.256 e. The number of pyridine rings is 1. The molecule has 0 aliphatic rings. The lowest BCUT2D eigenvalue weighted by Gasteiger charge is -2.07. The van der Waals surface area contributed by atoms with Gasteiger partial charge in [0.25, 0.3) is 5.91 Å². The van der Waals surface area contributed by atoms with Crippen LogP contribution in [0.5, 0.6) is 0 Å². The molecule has 8 heteroatoms. The lowest BCUT2D eigenvalue weighted by molar-refractivity contribution is 0.102. The summed E-state index contributed by atoms with van der Waals surface area (Å²) in [5.41, 5.74) is 1.93. The molecule has 132 valence electrons. The number of carbonyl (C=O) groups is 1. The van der Waals surface area contributed by atoms with Crippen molar-refractivity contribution in [2.75, 3.05) is 5.32 Å². The summed E-state index contributed by atoms with van der Waals surface area (Å²) in [5, 5.41) is 6.06. The molecule has 4 nitrogen and oxygen atoms in total. The number of fused-ring (bicyclic) bond motifs is 1. The molecule has 0 aliphatic heterocycles. The number of amides is 1. The van der Waals surface area contributed by atoms with Gasteiger partial charge < -0.3 is 5.32 Å². The molecule has 4 aromatic rings. The molecule has 0 unspecified atom stereocenters. The molecule has 0 bridgehead atoms. The monoisotopic (exact) mass is 423 g/mol. The van der Waals surface area contributed by atoms with Gasteiger partial charge in [-0.2, -0.15) is 0 Å². The maximum Gasteiger partial charge on any atom is 0.256 e. The number of hydrogen-bond acceptors (Lipinski definition) is 3. The van der Waals surface area contributed by atoms with Gasteiger partial charge in [0.1, 0.15) is 17.2 Å². The van der Waals surface area contributed by atoms with E-state index >= 15 is 0 Å². The van der Waals surface area contributed by atoms with Crippen LogP contribution >= 0.6 is 46.9 Å². The second-order valence-electron chi connectivity index (χ2n) is 5.32. The summed E-state index contributed by atoms with van der Waals surface area (Å²) in [6.07, 6.45) is 1.73. The fraction of sp³-hybridized carbons (Fsp3) is 0. The molecule has 3 aromatic heterocycles. The van der Waals surface area contributed by atoms with Crippen LogP contribution in [-0.4, -0.2) is 15.3 Å². The van der Waals surface area contributed by atoms with Crippen molar-refractivity contribution in [3.05, 3.63) is 75.7 Å². The number of carbonyl (C=O) groups excluding carboxylic acids is 1. The highest BCUT2D eigenvalue weighted by Crippen LogP contribution is 2.33. The number of imidazole rings is 1. The van der Waals surface area contributed by atoms with E-state index in [0.29, 0.717) is 32.8 Å². The Morgan fingerprint density at radius 3 is 2.46 bits per heavy atom. The second-order valence-corrected chi connectivity index (χ2v) is 7.14. The maximum absolute atomic E-state index is 12.6. The Morgan fingerprint density at radius 1 is 1.04 bits per heavy atom. The molecule has 0 saturated carbocycles. The van der Waals surface area contributed by atoms with Crippen LogP contribution in [0.25, 0.3) is 16.2 Å². The Balaban J connectivity index is 0.00000196. The molecular formula is C18H12Cl3N3OS. The third-order valence-corrected chi connectivity index (χ3v) is 5.03. The van der Waals surface area contributed by atoms with E-state index in [1.54, 1.807) is 52.3 Å². The average Bonchev–Trinajstić information content (AvgIpc) is 3.24. The van der Waals surface area contributed by atoms with E-state index < -0.39 is 0 Å². The van der Waals surface area contributed by atoms with Crippen molar-refractivity contribution >= 4 is 64.3 Å². The molecule has 0 atom stereocenters. The topological polar surface area (TPSA) is 46.4 Å². The minimum atomic E-state index is -0.240. The van der Waals surface area contributed by atoms with Crippen LogP contribution in [0.15, 0.2) is 60.1 Å². The molecule has 1 aromatic carbocycles. The summed E-state index contributed by atoms with van der Waals surface area (Å²) in [7, 11) is 0. The van der Waals surface area contributed by atoms with Gasteiger partial charge in [0, 0.05) is 16.8 Å². The lowest BCUT2D eigenvalue weighted by Crippen LogP contribution is -2.13. The predicted octanol–water partition coefficient (Wildman–Crippen LogP) is 6.04. The second kappa shape index (κ2) is 7.68. The number of nitrogens with zero attached hydrogens (tertiary/aromatic N) is 2. The standard InChI is InChI=1S/C18H11Cl2N3OS.ClH/c19-12-5-3-11(4-6-12)18(24)22-17-16(14-2-1-9-25-14)21-15-8-7-13(20)10-23(15)17;/h1-10H,(H,22,24);1H. The first-order chi connectivity index (χ1) is 12.1. The van der Waals surface area contributed by atoms with Gasteiger partial charge >= 0.3 is 0 Å². The van der Waals surface area contributed by atoms with Crippen LogP contribution in [0, 0.1) is 0 Å². The van der Waals surface area contributed by atoms with E-state index in [-0.39, 0.29) is 18.3 Å². The summed E-state index contributed by atoms with van der Waals surface area (Å²) in [6, 6.07) is 14.2. The first-order valence-corrected chi connectivity index (χ1v) is 9.04. The first-order valence-electron chi connectivity index (χ1n) is 7.40. The van der Waals surface area contributed by atoms with Crippen molar-refractivity contribution in [3.8, 4) is 10.6 Å². The summed E-state index contributed by atoms with van der Waals surface area (Å²) >= 11 is 13.6. The van der Waals surface area contributed by atoms with Gasteiger partial charge in [0.05, 0.1) is 9.90 Å². The molecule has 0 radical (unpaired) electrons.